The molecule has 1 aliphatic heterocycles. The number of nitrogens with two attached hydrogens (primary N) is 1. The first kappa shape index (κ1) is 22.6. The fourth-order valence-corrected chi connectivity index (χ4v) is 5.88. The van der Waals surface area contributed by atoms with Gasteiger partial charge in [0.25, 0.3) is 0 Å². The molecule has 3 aromatic heterocycles. The summed E-state index contributed by atoms with van der Waals surface area (Å²) in [5.74, 6) is -1.20. The van der Waals surface area contributed by atoms with Gasteiger partial charge in [-0.2, -0.15) is 4.39 Å². The van der Waals surface area contributed by atoms with E-state index in [0.29, 0.717) is 11.5 Å². The molecule has 34 heavy (non-hydrogen) atoms. The van der Waals surface area contributed by atoms with E-state index in [1.54, 1.807) is 17.5 Å². The van der Waals surface area contributed by atoms with Gasteiger partial charge in [-0.25, -0.2) is 14.1 Å². The van der Waals surface area contributed by atoms with Gasteiger partial charge in [0, 0.05) is 21.5 Å². The smallest absolute Gasteiger partial charge is 0.198 e. The fourth-order valence-electron chi connectivity index (χ4n) is 4.55. The van der Waals surface area contributed by atoms with Gasteiger partial charge in [0.2, 0.25) is 0 Å². The molecule has 3 aromatic rings. The zero-order chi connectivity index (χ0) is 23.8. The van der Waals surface area contributed by atoms with Crippen molar-refractivity contribution in [2.75, 3.05) is 25.9 Å². The van der Waals surface area contributed by atoms with Gasteiger partial charge in [-0.1, -0.05) is 0 Å². The molecule has 0 spiro atoms. The number of rotatable bonds is 5. The van der Waals surface area contributed by atoms with Crippen LogP contribution in [0.1, 0.15) is 41.7 Å². The molecule has 0 saturated carbocycles. The van der Waals surface area contributed by atoms with Gasteiger partial charge in [-0.05, 0) is 79.4 Å². The van der Waals surface area contributed by atoms with Gasteiger partial charge in [0.1, 0.15) is 11.9 Å². The Hall–Kier alpha value is -3.18. The van der Waals surface area contributed by atoms with E-state index in [0.717, 1.165) is 36.4 Å². The Labute approximate surface area is 199 Å². The average molecular weight is 486 g/mol. The maximum atomic E-state index is 14.8. The summed E-state index contributed by atoms with van der Waals surface area (Å²) in [5, 5.41) is 15.1. The number of aryl methyl sites for hydroxylation is 1. The highest BCUT2D eigenvalue weighted by molar-refractivity contribution is 7.15. The van der Waals surface area contributed by atoms with Crippen LogP contribution in [-0.2, 0) is 4.74 Å². The lowest BCUT2D eigenvalue weighted by Gasteiger charge is -2.22. The Balaban J connectivity index is 1.50. The molecular formula is C23H25F2N7OS. The van der Waals surface area contributed by atoms with Crippen molar-refractivity contribution in [3.05, 3.63) is 52.3 Å². The van der Waals surface area contributed by atoms with Gasteiger partial charge in [-0.3, -0.25) is 0 Å². The molecule has 178 valence electrons. The van der Waals surface area contributed by atoms with E-state index in [1.807, 2.05) is 6.07 Å². The second-order valence-electron chi connectivity index (χ2n) is 8.47. The summed E-state index contributed by atoms with van der Waals surface area (Å²) in [6.07, 6.45) is 5.58. The first-order valence-electron chi connectivity index (χ1n) is 11.1. The summed E-state index contributed by atoms with van der Waals surface area (Å²) in [4.78, 5) is 6.83. The van der Waals surface area contributed by atoms with E-state index in [2.05, 4.69) is 38.8 Å². The summed E-state index contributed by atoms with van der Waals surface area (Å²) in [5.41, 5.74) is 8.78. The number of methoxy groups -OCH3 is 1. The van der Waals surface area contributed by atoms with Crippen LogP contribution in [0.3, 0.4) is 0 Å². The number of hydrogen-bond acceptors (Lipinski definition) is 8. The minimum absolute atomic E-state index is 0.135. The zero-order valence-corrected chi connectivity index (χ0v) is 19.7. The quantitative estimate of drug-likeness (QED) is 0.550. The van der Waals surface area contributed by atoms with E-state index >= 15 is 0 Å². The molecule has 0 amide bonds. The number of halogens is 2. The Morgan fingerprint density at radius 3 is 2.79 bits per heavy atom. The van der Waals surface area contributed by atoms with Crippen molar-refractivity contribution < 1.29 is 13.5 Å². The van der Waals surface area contributed by atoms with E-state index in [9.17, 15) is 8.78 Å². The lowest BCUT2D eigenvalue weighted by molar-refractivity contribution is 0.260. The van der Waals surface area contributed by atoms with E-state index in [4.69, 9.17) is 10.5 Å². The van der Waals surface area contributed by atoms with Crippen molar-refractivity contribution in [2.24, 2.45) is 0 Å². The first-order valence-corrected chi connectivity index (χ1v) is 11.9. The lowest BCUT2D eigenvalue weighted by atomic mass is 9.94. The van der Waals surface area contributed by atoms with Crippen molar-refractivity contribution in [1.29, 1.82) is 0 Å². The lowest BCUT2D eigenvalue weighted by Crippen LogP contribution is -2.26. The molecule has 0 bridgehead atoms. The second kappa shape index (κ2) is 9.22. The van der Waals surface area contributed by atoms with Gasteiger partial charge < -0.3 is 15.8 Å². The Morgan fingerprint density at radius 1 is 1.24 bits per heavy atom. The monoisotopic (exact) mass is 485 g/mol. The standard InChI is InChI=1S/C23H25F2N7OS/c1-12-9-18(34-21(12)13-5-7-27-8-6-13)14-10-15(22(26)28-11-14)23-29-30-31-32(23)16-3-4-17(33-2)20(25)19(16)24/h4,9-11,13,16,27H,3,5-8H2,1-2H3,(H2,26,28). The molecule has 11 heteroatoms. The van der Waals surface area contributed by atoms with Crippen LogP contribution in [0.15, 0.2) is 41.8 Å². The van der Waals surface area contributed by atoms with Crippen LogP contribution in [0, 0.1) is 6.92 Å². The van der Waals surface area contributed by atoms with Crippen molar-refractivity contribution in [2.45, 2.75) is 38.1 Å². The van der Waals surface area contributed by atoms with Gasteiger partial charge in [-0.15, -0.1) is 16.4 Å². The van der Waals surface area contributed by atoms with Crippen LogP contribution in [0.2, 0.25) is 0 Å². The third-order valence-corrected chi connectivity index (χ3v) is 7.81. The number of tetrazole rings is 1. The van der Waals surface area contributed by atoms with Crippen molar-refractivity contribution in [3.63, 3.8) is 0 Å². The summed E-state index contributed by atoms with van der Waals surface area (Å²) >= 11 is 1.76. The molecule has 1 fully saturated rings. The summed E-state index contributed by atoms with van der Waals surface area (Å²) < 4.78 is 35.3. The molecular weight excluding hydrogens is 460 g/mol. The number of nitrogens with zero attached hydrogens (tertiary/aromatic N) is 5. The molecule has 2 aliphatic rings. The van der Waals surface area contributed by atoms with Crippen LogP contribution in [0.5, 0.6) is 0 Å². The molecule has 1 saturated heterocycles. The molecule has 3 N–H and O–H groups in total. The minimum Gasteiger partial charge on any atom is -0.494 e. The van der Waals surface area contributed by atoms with Crippen molar-refractivity contribution in [3.8, 4) is 21.8 Å². The van der Waals surface area contributed by atoms with Crippen molar-refractivity contribution in [1.82, 2.24) is 30.5 Å². The van der Waals surface area contributed by atoms with Gasteiger partial charge in [0.05, 0.1) is 12.7 Å². The molecule has 0 aromatic carbocycles. The van der Waals surface area contributed by atoms with Crippen LogP contribution < -0.4 is 11.1 Å². The van der Waals surface area contributed by atoms with Crippen molar-refractivity contribution >= 4 is 17.2 Å². The molecule has 1 aliphatic carbocycles. The van der Waals surface area contributed by atoms with E-state index < -0.39 is 17.7 Å². The Kier molecular flexibility index (Phi) is 6.13. The number of anilines is 1. The number of nitrogen functional groups attached to an aromatic ring is 1. The van der Waals surface area contributed by atoms with Crippen LogP contribution in [0.4, 0.5) is 14.6 Å². The summed E-state index contributed by atoms with van der Waals surface area (Å²) in [7, 11) is 1.29. The van der Waals surface area contributed by atoms with Gasteiger partial charge in [0.15, 0.2) is 23.2 Å². The SMILES string of the molecule is COC1=CCC(n2nnnc2-c2cc(-c3cc(C)c(C4CCNCC4)s3)cnc2N)C(F)=C1F. The average Bonchev–Trinajstić information content (AvgIpc) is 3.49. The summed E-state index contributed by atoms with van der Waals surface area (Å²) in [6, 6.07) is 2.99. The maximum Gasteiger partial charge on any atom is 0.198 e. The Bertz CT molecular complexity index is 1280. The molecule has 5 rings (SSSR count). The van der Waals surface area contributed by atoms with Crippen LogP contribution >= 0.6 is 11.3 Å². The highest BCUT2D eigenvalue weighted by Crippen LogP contribution is 2.41. The molecule has 1 atom stereocenters. The number of aromatic nitrogens is 5. The topological polar surface area (TPSA) is 104 Å². The predicted molar refractivity (Wildman–Crippen MR) is 126 cm³/mol. The third-order valence-electron chi connectivity index (χ3n) is 6.36. The first-order chi connectivity index (χ1) is 16.5. The third kappa shape index (κ3) is 3.98. The number of nitrogens with one attached hydrogen (secondary N) is 1. The largest absolute Gasteiger partial charge is 0.494 e. The number of allylic oxidation sites excluding steroid dienone is 3. The highest BCUT2D eigenvalue weighted by atomic mass is 32.1. The predicted octanol–water partition coefficient (Wildman–Crippen LogP) is 4.45. The number of pyridine rings is 1. The Morgan fingerprint density at radius 2 is 2.03 bits per heavy atom. The maximum absolute atomic E-state index is 14.8. The molecule has 0 radical (unpaired) electrons. The van der Waals surface area contributed by atoms with Crippen LogP contribution in [0.25, 0.3) is 21.8 Å². The highest BCUT2D eigenvalue weighted by Gasteiger charge is 2.31. The van der Waals surface area contributed by atoms with Gasteiger partial charge >= 0.3 is 0 Å². The molecule has 4 heterocycles. The zero-order valence-electron chi connectivity index (χ0n) is 18.9. The summed E-state index contributed by atoms with van der Waals surface area (Å²) in [6.45, 7) is 4.20. The minimum atomic E-state index is -1.06. The van der Waals surface area contributed by atoms with E-state index in [1.165, 1.54) is 28.3 Å². The second-order valence-corrected chi connectivity index (χ2v) is 9.56. The fraction of sp³-hybridized carbons (Fsp3) is 0.391. The number of piperidine rings is 1. The molecule has 1 unspecified atom stereocenters. The van der Waals surface area contributed by atoms with Crippen LogP contribution in [-0.4, -0.2) is 45.4 Å². The normalized spacial score (nSPS) is 19.4. The number of thiophene rings is 1. The number of ether oxygens (including phenoxy) is 1. The molecule has 8 nitrogen and oxygen atoms in total. The number of hydrogen-bond donors (Lipinski definition) is 2. The van der Waals surface area contributed by atoms with E-state index in [-0.39, 0.29) is 23.8 Å².